The van der Waals surface area contributed by atoms with E-state index in [0.29, 0.717) is 11.2 Å². The van der Waals surface area contributed by atoms with Crippen molar-refractivity contribution in [3.63, 3.8) is 0 Å². The zero-order valence-electron chi connectivity index (χ0n) is 10.2. The topological polar surface area (TPSA) is 79.3 Å². The number of thiazole rings is 1. The predicted molar refractivity (Wildman–Crippen MR) is 69.6 cm³/mol. The van der Waals surface area contributed by atoms with Crippen molar-refractivity contribution >= 4 is 28.2 Å². The average Bonchev–Trinajstić information content (AvgIpc) is 2.74. The number of hydrogen-bond donors (Lipinski definition) is 2. The number of ketones is 1. The van der Waals surface area contributed by atoms with Gasteiger partial charge in [0.05, 0.1) is 0 Å². The van der Waals surface area contributed by atoms with Crippen molar-refractivity contribution in [2.24, 2.45) is 0 Å². The van der Waals surface area contributed by atoms with Crippen LogP contribution in [0.4, 0.5) is 5.13 Å². The number of Topliss-reactive ketones (excluding diaryl/α,β-unsaturated/α-hetero) is 1. The van der Waals surface area contributed by atoms with Gasteiger partial charge in [-0.1, -0.05) is 30.6 Å². The third-order valence-electron chi connectivity index (χ3n) is 3.08. The number of aromatic nitrogens is 1. The first-order chi connectivity index (χ1) is 8.58. The lowest BCUT2D eigenvalue weighted by molar-refractivity contribution is 0.0687. The molecule has 2 rings (SSSR count). The monoisotopic (exact) mass is 268 g/mol. The Labute approximate surface area is 109 Å². The third-order valence-corrected chi connectivity index (χ3v) is 4.17. The zero-order chi connectivity index (χ0) is 13.1. The third kappa shape index (κ3) is 2.87. The Morgan fingerprint density at radius 3 is 2.50 bits per heavy atom. The van der Waals surface area contributed by atoms with E-state index in [0.717, 1.165) is 24.2 Å². The Kier molecular flexibility index (Phi) is 3.96. The summed E-state index contributed by atoms with van der Waals surface area (Å²) < 4.78 is 0. The van der Waals surface area contributed by atoms with Crippen LogP contribution in [-0.4, -0.2) is 27.9 Å². The summed E-state index contributed by atoms with van der Waals surface area (Å²) in [4.78, 5) is 26.6. The highest BCUT2D eigenvalue weighted by molar-refractivity contribution is 7.17. The van der Waals surface area contributed by atoms with Crippen LogP contribution in [0.1, 0.15) is 59.2 Å². The highest BCUT2D eigenvalue weighted by atomic mass is 32.1. The van der Waals surface area contributed by atoms with E-state index in [1.807, 2.05) is 0 Å². The van der Waals surface area contributed by atoms with E-state index < -0.39 is 5.97 Å². The standard InChI is InChI=1S/C12H16N2O3S/c1-7(15)10-9(11(16)17)14-12(18-10)13-8-5-3-2-4-6-8/h8H,2-6H2,1H3,(H,13,14)(H,16,17). The number of carboxylic acids is 1. The summed E-state index contributed by atoms with van der Waals surface area (Å²) in [7, 11) is 0. The number of carboxylic acid groups (broad SMARTS) is 1. The summed E-state index contributed by atoms with van der Waals surface area (Å²) in [5, 5.41) is 12.8. The molecule has 0 atom stereocenters. The molecule has 98 valence electrons. The highest BCUT2D eigenvalue weighted by Crippen LogP contribution is 2.27. The van der Waals surface area contributed by atoms with Gasteiger partial charge in [0, 0.05) is 13.0 Å². The Hall–Kier alpha value is -1.43. The fraction of sp³-hybridized carbons (Fsp3) is 0.583. The van der Waals surface area contributed by atoms with Crippen molar-refractivity contribution in [2.45, 2.75) is 45.1 Å². The van der Waals surface area contributed by atoms with Crippen LogP contribution >= 0.6 is 11.3 Å². The number of hydrogen-bond acceptors (Lipinski definition) is 5. The first-order valence-corrected chi connectivity index (χ1v) is 6.91. The lowest BCUT2D eigenvalue weighted by Gasteiger charge is -2.22. The van der Waals surface area contributed by atoms with Crippen LogP contribution in [0, 0.1) is 0 Å². The fourth-order valence-electron chi connectivity index (χ4n) is 2.19. The van der Waals surface area contributed by atoms with Crippen molar-refractivity contribution in [1.82, 2.24) is 4.98 Å². The van der Waals surface area contributed by atoms with Crippen LogP contribution < -0.4 is 5.32 Å². The van der Waals surface area contributed by atoms with E-state index in [1.54, 1.807) is 0 Å². The molecule has 1 heterocycles. The summed E-state index contributed by atoms with van der Waals surface area (Å²) in [5.41, 5.74) is -0.134. The van der Waals surface area contributed by atoms with Crippen LogP contribution in [-0.2, 0) is 0 Å². The molecule has 0 saturated heterocycles. The molecule has 1 aliphatic rings. The van der Waals surface area contributed by atoms with E-state index in [-0.39, 0.29) is 16.4 Å². The molecule has 1 aliphatic carbocycles. The molecular weight excluding hydrogens is 252 g/mol. The molecule has 2 N–H and O–H groups in total. The minimum absolute atomic E-state index is 0.134. The van der Waals surface area contributed by atoms with Crippen molar-refractivity contribution in [2.75, 3.05) is 5.32 Å². The van der Waals surface area contributed by atoms with Gasteiger partial charge in [0.25, 0.3) is 0 Å². The first kappa shape index (κ1) is 13.0. The van der Waals surface area contributed by atoms with Crippen LogP contribution in [0.15, 0.2) is 0 Å². The van der Waals surface area contributed by atoms with E-state index in [2.05, 4.69) is 10.3 Å². The van der Waals surface area contributed by atoms with E-state index in [9.17, 15) is 9.59 Å². The number of rotatable bonds is 4. The van der Waals surface area contributed by atoms with Gasteiger partial charge in [-0.05, 0) is 12.8 Å². The van der Waals surface area contributed by atoms with E-state index in [4.69, 9.17) is 5.11 Å². The van der Waals surface area contributed by atoms with Crippen molar-refractivity contribution in [1.29, 1.82) is 0 Å². The van der Waals surface area contributed by atoms with Crippen LogP contribution in [0.5, 0.6) is 0 Å². The van der Waals surface area contributed by atoms with Gasteiger partial charge < -0.3 is 10.4 Å². The van der Waals surface area contributed by atoms with Gasteiger partial charge in [0.2, 0.25) is 0 Å². The molecule has 0 aromatic carbocycles. The molecule has 0 radical (unpaired) electrons. The maximum absolute atomic E-state index is 11.4. The van der Waals surface area contributed by atoms with Gasteiger partial charge in [0.1, 0.15) is 4.88 Å². The normalized spacial score (nSPS) is 16.5. The number of aromatic carboxylic acids is 1. The van der Waals surface area contributed by atoms with Gasteiger partial charge in [0.15, 0.2) is 16.6 Å². The summed E-state index contributed by atoms with van der Waals surface area (Å²) in [6.07, 6.45) is 5.80. The molecule has 0 amide bonds. The molecular formula is C12H16N2O3S. The van der Waals surface area contributed by atoms with E-state index in [1.165, 1.54) is 26.2 Å². The lowest BCUT2D eigenvalue weighted by Crippen LogP contribution is -2.22. The maximum atomic E-state index is 11.4. The molecule has 18 heavy (non-hydrogen) atoms. The Balaban J connectivity index is 2.15. The summed E-state index contributed by atoms with van der Waals surface area (Å²) >= 11 is 1.14. The summed E-state index contributed by atoms with van der Waals surface area (Å²) in [6.45, 7) is 1.37. The molecule has 1 fully saturated rings. The number of nitrogens with one attached hydrogen (secondary N) is 1. The fourth-order valence-corrected chi connectivity index (χ4v) is 3.12. The number of anilines is 1. The van der Waals surface area contributed by atoms with Gasteiger partial charge in [-0.2, -0.15) is 0 Å². The molecule has 0 spiro atoms. The SMILES string of the molecule is CC(=O)c1sc(NC2CCCCC2)nc1C(=O)O. The van der Waals surface area contributed by atoms with Crippen LogP contribution in [0.2, 0.25) is 0 Å². The van der Waals surface area contributed by atoms with Crippen molar-refractivity contribution in [3.8, 4) is 0 Å². The Morgan fingerprint density at radius 2 is 2.00 bits per heavy atom. The quantitative estimate of drug-likeness (QED) is 0.821. The minimum Gasteiger partial charge on any atom is -0.476 e. The van der Waals surface area contributed by atoms with Crippen LogP contribution in [0.25, 0.3) is 0 Å². The number of carbonyl (C=O) groups is 2. The molecule has 1 saturated carbocycles. The van der Waals surface area contributed by atoms with Gasteiger partial charge in [-0.3, -0.25) is 4.79 Å². The van der Waals surface area contributed by atoms with Crippen molar-refractivity contribution in [3.05, 3.63) is 10.6 Å². The largest absolute Gasteiger partial charge is 0.476 e. The molecule has 0 unspecified atom stereocenters. The molecule has 6 heteroatoms. The molecule has 5 nitrogen and oxygen atoms in total. The predicted octanol–water partition coefficient (Wildman–Crippen LogP) is 2.79. The molecule has 1 aromatic rings. The highest BCUT2D eigenvalue weighted by Gasteiger charge is 2.22. The van der Waals surface area contributed by atoms with Gasteiger partial charge >= 0.3 is 5.97 Å². The smallest absolute Gasteiger partial charge is 0.356 e. The van der Waals surface area contributed by atoms with Gasteiger partial charge in [-0.25, -0.2) is 9.78 Å². The number of nitrogens with zero attached hydrogens (tertiary/aromatic N) is 1. The molecule has 0 bridgehead atoms. The van der Waals surface area contributed by atoms with E-state index >= 15 is 0 Å². The molecule has 0 aliphatic heterocycles. The second-order valence-corrected chi connectivity index (χ2v) is 5.54. The van der Waals surface area contributed by atoms with Crippen molar-refractivity contribution < 1.29 is 14.7 Å². The van der Waals surface area contributed by atoms with Crippen LogP contribution in [0.3, 0.4) is 0 Å². The summed E-state index contributed by atoms with van der Waals surface area (Å²) in [6, 6.07) is 0.353. The zero-order valence-corrected chi connectivity index (χ0v) is 11.0. The average molecular weight is 268 g/mol. The maximum Gasteiger partial charge on any atom is 0.356 e. The van der Waals surface area contributed by atoms with Gasteiger partial charge in [-0.15, -0.1) is 0 Å². The molecule has 1 aromatic heterocycles. The summed E-state index contributed by atoms with van der Waals surface area (Å²) in [5.74, 6) is -1.39. The first-order valence-electron chi connectivity index (χ1n) is 6.09. The Bertz CT molecular complexity index is 432. The Morgan fingerprint density at radius 1 is 1.33 bits per heavy atom. The second-order valence-electron chi connectivity index (χ2n) is 4.54. The number of carbonyl (C=O) groups excluding carboxylic acids is 1. The second kappa shape index (κ2) is 5.48. The minimum atomic E-state index is -1.15. The lowest BCUT2D eigenvalue weighted by atomic mass is 9.96.